The van der Waals surface area contributed by atoms with Gasteiger partial charge in [-0.1, -0.05) is 12.2 Å². The lowest BCUT2D eigenvalue weighted by molar-refractivity contribution is 0.582. The van der Waals surface area contributed by atoms with Crippen LogP contribution in [0.15, 0.2) is 0 Å². The molecule has 0 aromatic heterocycles. The van der Waals surface area contributed by atoms with Crippen molar-refractivity contribution >= 4 is 39.0 Å². The van der Waals surface area contributed by atoms with Gasteiger partial charge in [0.2, 0.25) is 10.0 Å². The van der Waals surface area contributed by atoms with Crippen LogP contribution >= 0.6 is 24.0 Å². The molecule has 0 spiro atoms. The predicted molar refractivity (Wildman–Crippen MR) is 66.2 cm³/mol. The summed E-state index contributed by atoms with van der Waals surface area (Å²) in [6.07, 6.45) is 3.88. The third kappa shape index (κ3) is 8.74. The average Bonchev–Trinajstić information content (AvgIpc) is 2.01. The Morgan fingerprint density at radius 2 is 2.14 bits per heavy atom. The molecule has 84 valence electrons. The topological polar surface area (TPSA) is 72.2 Å². The van der Waals surface area contributed by atoms with Crippen LogP contribution in [0.3, 0.4) is 0 Å². The summed E-state index contributed by atoms with van der Waals surface area (Å²) in [7, 11) is -3.29. The third-order valence-corrected chi connectivity index (χ3v) is 3.79. The maximum absolute atomic E-state index is 11.2. The van der Waals surface area contributed by atoms with Gasteiger partial charge >= 0.3 is 0 Å². The lowest BCUT2D eigenvalue weighted by atomic mass is 10.3. The smallest absolute Gasteiger partial charge is 0.218 e. The first-order valence-electron chi connectivity index (χ1n) is 4.22. The molecule has 3 N–H and O–H groups in total. The highest BCUT2D eigenvalue weighted by Crippen LogP contribution is 1.98. The van der Waals surface area contributed by atoms with Gasteiger partial charge in [-0.05, 0) is 24.9 Å². The minimum Gasteiger partial charge on any atom is -0.392 e. The molecule has 0 heterocycles. The van der Waals surface area contributed by atoms with Crippen LogP contribution in [0.5, 0.6) is 0 Å². The van der Waals surface area contributed by atoms with Crippen LogP contribution in [0.25, 0.3) is 0 Å². The van der Waals surface area contributed by atoms with E-state index in [1.165, 1.54) is 0 Å². The van der Waals surface area contributed by atoms with Crippen molar-refractivity contribution in [3.8, 4) is 0 Å². The summed E-state index contributed by atoms with van der Waals surface area (Å²) in [5, 5.41) is 0. The van der Waals surface area contributed by atoms with Crippen LogP contribution in [0.1, 0.15) is 12.8 Å². The minimum atomic E-state index is -3.29. The van der Waals surface area contributed by atoms with Crippen LogP contribution in [0.2, 0.25) is 0 Å². The zero-order chi connectivity index (χ0) is 11.0. The van der Waals surface area contributed by atoms with Crippen molar-refractivity contribution in [2.24, 2.45) is 5.73 Å². The molecule has 14 heavy (non-hydrogen) atoms. The number of hydrogen-bond donors (Lipinski definition) is 2. The second-order valence-corrected chi connectivity index (χ2v) is 6.14. The van der Waals surface area contributed by atoms with Crippen LogP contribution in [0, 0.1) is 0 Å². The van der Waals surface area contributed by atoms with Gasteiger partial charge in [-0.3, -0.25) is 0 Å². The molecule has 4 nitrogen and oxygen atoms in total. The van der Waals surface area contributed by atoms with Crippen LogP contribution in [0.4, 0.5) is 0 Å². The molecule has 0 aliphatic carbocycles. The molecular formula is C7H16N2O2S3. The Labute approximate surface area is 95.1 Å². The highest BCUT2D eigenvalue weighted by atomic mass is 32.2. The molecule has 0 aromatic carbocycles. The van der Waals surface area contributed by atoms with Gasteiger partial charge in [0.25, 0.3) is 0 Å². The van der Waals surface area contributed by atoms with Crippen molar-refractivity contribution < 1.29 is 8.42 Å². The van der Waals surface area contributed by atoms with Crippen molar-refractivity contribution in [2.45, 2.75) is 12.8 Å². The maximum atomic E-state index is 11.2. The summed E-state index contributed by atoms with van der Waals surface area (Å²) in [4.78, 5) is 0.00149. The van der Waals surface area contributed by atoms with E-state index >= 15 is 0 Å². The normalized spacial score (nSPS) is 11.5. The largest absolute Gasteiger partial charge is 0.392 e. The van der Waals surface area contributed by atoms with E-state index in [9.17, 15) is 8.42 Å². The first-order chi connectivity index (χ1) is 6.48. The molecule has 0 rings (SSSR count). The highest BCUT2D eigenvalue weighted by molar-refractivity contribution is 7.98. The average molecular weight is 256 g/mol. The number of thiocarbonyl (C=S) groups is 1. The number of nitrogens with two attached hydrogens (primary N) is 1. The first kappa shape index (κ1) is 14.2. The maximum Gasteiger partial charge on any atom is 0.218 e. The van der Waals surface area contributed by atoms with Crippen LogP contribution in [-0.4, -0.2) is 37.7 Å². The fourth-order valence-electron chi connectivity index (χ4n) is 0.837. The molecular weight excluding hydrogens is 240 g/mol. The molecule has 0 fully saturated rings. The molecule has 0 saturated heterocycles. The lowest BCUT2D eigenvalue weighted by Gasteiger charge is -2.04. The third-order valence-electron chi connectivity index (χ3n) is 1.43. The standard InChI is InChI=1S/C7H16N2O2S3/c1-13-5-3-2-4-9-14(10,11)6-7(8)12/h9H,2-6H2,1H3,(H2,8,12). The fourth-order valence-corrected chi connectivity index (χ4v) is 2.73. The van der Waals surface area contributed by atoms with Gasteiger partial charge in [-0.15, -0.1) is 0 Å². The van der Waals surface area contributed by atoms with E-state index in [1.807, 2.05) is 6.26 Å². The Balaban J connectivity index is 3.61. The van der Waals surface area contributed by atoms with E-state index in [0.717, 1.165) is 18.6 Å². The summed E-state index contributed by atoms with van der Waals surface area (Å²) in [5.74, 6) is 0.794. The number of hydrogen-bond acceptors (Lipinski definition) is 4. The summed E-state index contributed by atoms with van der Waals surface area (Å²) in [6, 6.07) is 0. The minimum absolute atomic E-state index is 0.00149. The molecule has 0 amide bonds. The number of unbranched alkanes of at least 4 members (excludes halogenated alkanes) is 1. The van der Waals surface area contributed by atoms with E-state index in [0.29, 0.717) is 6.54 Å². The molecule has 0 radical (unpaired) electrons. The summed E-state index contributed by atoms with van der Waals surface area (Å²) in [6.45, 7) is 0.464. The molecule has 0 atom stereocenters. The van der Waals surface area contributed by atoms with E-state index in [-0.39, 0.29) is 10.7 Å². The molecule has 7 heteroatoms. The predicted octanol–water partition coefficient (Wildman–Crippen LogP) is 0.335. The monoisotopic (exact) mass is 256 g/mol. The van der Waals surface area contributed by atoms with Crippen LogP contribution in [-0.2, 0) is 10.0 Å². The zero-order valence-electron chi connectivity index (χ0n) is 8.15. The summed E-state index contributed by atoms with van der Waals surface area (Å²) < 4.78 is 24.8. The van der Waals surface area contributed by atoms with E-state index in [4.69, 9.17) is 5.73 Å². The van der Waals surface area contributed by atoms with Crippen LogP contribution < -0.4 is 10.5 Å². The number of nitrogens with one attached hydrogen (secondary N) is 1. The Kier molecular flexibility index (Phi) is 7.52. The van der Waals surface area contributed by atoms with Gasteiger partial charge in [-0.2, -0.15) is 11.8 Å². The van der Waals surface area contributed by atoms with Crippen molar-refractivity contribution in [2.75, 3.05) is 24.3 Å². The number of sulfonamides is 1. The van der Waals surface area contributed by atoms with Gasteiger partial charge in [0.15, 0.2) is 0 Å². The molecule has 0 aromatic rings. The van der Waals surface area contributed by atoms with Crippen molar-refractivity contribution in [1.82, 2.24) is 4.72 Å². The highest BCUT2D eigenvalue weighted by Gasteiger charge is 2.09. The summed E-state index contributed by atoms with van der Waals surface area (Å²) >= 11 is 6.27. The Morgan fingerprint density at radius 3 is 2.64 bits per heavy atom. The Bertz CT molecular complexity index is 264. The van der Waals surface area contributed by atoms with Gasteiger partial charge < -0.3 is 5.73 Å². The van der Waals surface area contributed by atoms with E-state index < -0.39 is 10.0 Å². The molecule has 0 aliphatic rings. The van der Waals surface area contributed by atoms with E-state index in [2.05, 4.69) is 16.9 Å². The van der Waals surface area contributed by atoms with Gasteiger partial charge in [-0.25, -0.2) is 13.1 Å². The number of rotatable bonds is 8. The van der Waals surface area contributed by atoms with Gasteiger partial charge in [0, 0.05) is 6.54 Å². The fraction of sp³-hybridized carbons (Fsp3) is 0.857. The van der Waals surface area contributed by atoms with Gasteiger partial charge in [0.1, 0.15) is 5.75 Å². The SMILES string of the molecule is CSCCCCNS(=O)(=O)CC(N)=S. The first-order valence-corrected chi connectivity index (χ1v) is 7.68. The van der Waals surface area contributed by atoms with Gasteiger partial charge in [0.05, 0.1) is 4.99 Å². The molecule has 0 unspecified atom stereocenters. The Hall–Kier alpha value is 0.150. The summed E-state index contributed by atoms with van der Waals surface area (Å²) in [5.41, 5.74) is 5.14. The number of thioether (sulfide) groups is 1. The molecule has 0 aliphatic heterocycles. The quantitative estimate of drug-likeness (QED) is 0.484. The van der Waals surface area contributed by atoms with E-state index in [1.54, 1.807) is 11.8 Å². The zero-order valence-corrected chi connectivity index (χ0v) is 10.6. The van der Waals surface area contributed by atoms with Crippen molar-refractivity contribution in [3.63, 3.8) is 0 Å². The second kappa shape index (κ2) is 7.44. The molecule has 0 bridgehead atoms. The molecule has 0 saturated carbocycles. The lowest BCUT2D eigenvalue weighted by Crippen LogP contribution is -2.32. The second-order valence-electron chi connectivity index (χ2n) is 2.82. The Morgan fingerprint density at radius 1 is 1.50 bits per heavy atom. The van der Waals surface area contributed by atoms with Crippen molar-refractivity contribution in [1.29, 1.82) is 0 Å². The van der Waals surface area contributed by atoms with Crippen molar-refractivity contribution in [3.05, 3.63) is 0 Å².